The number of nitrogens with zero attached hydrogens (tertiary/aromatic N) is 3. The van der Waals surface area contributed by atoms with Gasteiger partial charge in [0.05, 0.1) is 17.9 Å². The lowest BCUT2D eigenvalue weighted by Crippen LogP contribution is -2.17. The van der Waals surface area contributed by atoms with E-state index < -0.39 is 5.97 Å². The van der Waals surface area contributed by atoms with Crippen molar-refractivity contribution in [3.05, 3.63) is 45.8 Å². The van der Waals surface area contributed by atoms with Crippen LogP contribution in [0.3, 0.4) is 0 Å². The highest BCUT2D eigenvalue weighted by molar-refractivity contribution is 7.99. The van der Waals surface area contributed by atoms with Crippen LogP contribution in [0.4, 0.5) is 5.00 Å². The number of nitrogens with one attached hydrogen (secondary N) is 1. The summed E-state index contributed by atoms with van der Waals surface area (Å²) in [6.45, 7) is 8.02. The first-order valence-corrected chi connectivity index (χ1v) is 11.8. The van der Waals surface area contributed by atoms with Crippen LogP contribution in [0, 0.1) is 13.8 Å². The number of thioether (sulfide) groups is 1. The number of ether oxygens (including phenoxy) is 1. The molecule has 0 aliphatic heterocycles. The van der Waals surface area contributed by atoms with Gasteiger partial charge in [0.2, 0.25) is 5.91 Å². The zero-order valence-corrected chi connectivity index (χ0v) is 19.9. The van der Waals surface area contributed by atoms with Gasteiger partial charge in [-0.05, 0) is 38.8 Å². The fourth-order valence-electron chi connectivity index (χ4n) is 3.28. The van der Waals surface area contributed by atoms with Gasteiger partial charge >= 0.3 is 5.97 Å². The lowest BCUT2D eigenvalue weighted by Gasteiger charge is -2.08. The number of thiophene rings is 1. The number of aryl methyl sites for hydroxylation is 2. The predicted octanol–water partition coefficient (Wildman–Crippen LogP) is 4.63. The normalized spacial score (nSPS) is 10.9. The van der Waals surface area contributed by atoms with E-state index in [2.05, 4.69) is 15.5 Å². The first kappa shape index (κ1) is 23.0. The Morgan fingerprint density at radius 3 is 2.68 bits per heavy atom. The Morgan fingerprint density at radius 1 is 1.23 bits per heavy atom. The van der Waals surface area contributed by atoms with E-state index in [0.29, 0.717) is 22.1 Å². The van der Waals surface area contributed by atoms with Gasteiger partial charge < -0.3 is 14.6 Å². The molecule has 7 nitrogen and oxygen atoms in total. The first-order chi connectivity index (χ1) is 14.8. The van der Waals surface area contributed by atoms with Gasteiger partial charge in [0.15, 0.2) is 11.0 Å². The van der Waals surface area contributed by atoms with E-state index in [9.17, 15) is 9.59 Å². The molecule has 0 saturated carbocycles. The number of anilines is 1. The molecule has 9 heteroatoms. The van der Waals surface area contributed by atoms with Gasteiger partial charge in [-0.15, -0.1) is 21.5 Å². The molecule has 0 spiro atoms. The minimum Gasteiger partial charge on any atom is -0.462 e. The molecular weight excluding hydrogens is 432 g/mol. The van der Waals surface area contributed by atoms with Crippen molar-refractivity contribution in [3.8, 4) is 11.4 Å². The van der Waals surface area contributed by atoms with Gasteiger partial charge in [0.25, 0.3) is 0 Å². The van der Waals surface area contributed by atoms with Crippen LogP contribution in [-0.2, 0) is 23.0 Å². The minimum atomic E-state index is -0.400. The lowest BCUT2D eigenvalue weighted by atomic mass is 10.1. The van der Waals surface area contributed by atoms with Crippen LogP contribution in [0.5, 0.6) is 0 Å². The van der Waals surface area contributed by atoms with Crippen molar-refractivity contribution < 1.29 is 14.3 Å². The molecule has 0 aliphatic carbocycles. The van der Waals surface area contributed by atoms with Crippen molar-refractivity contribution in [2.24, 2.45) is 7.05 Å². The number of esters is 1. The van der Waals surface area contributed by atoms with Crippen LogP contribution in [-0.4, -0.2) is 39.0 Å². The van der Waals surface area contributed by atoms with E-state index in [-0.39, 0.29) is 18.3 Å². The summed E-state index contributed by atoms with van der Waals surface area (Å²) in [7, 11) is 1.88. The van der Waals surface area contributed by atoms with E-state index in [1.807, 2.05) is 56.7 Å². The summed E-state index contributed by atoms with van der Waals surface area (Å²) in [5.74, 6) is 0.292. The molecule has 0 saturated heterocycles. The van der Waals surface area contributed by atoms with Crippen molar-refractivity contribution in [2.75, 3.05) is 17.7 Å². The Balaban J connectivity index is 1.71. The second-order valence-corrected chi connectivity index (χ2v) is 9.15. The highest BCUT2D eigenvalue weighted by Gasteiger charge is 2.23. The molecule has 164 valence electrons. The molecule has 0 unspecified atom stereocenters. The molecule has 0 aliphatic rings. The zero-order valence-electron chi connectivity index (χ0n) is 18.3. The smallest absolute Gasteiger partial charge is 0.341 e. The third-order valence-electron chi connectivity index (χ3n) is 4.74. The van der Waals surface area contributed by atoms with E-state index in [0.717, 1.165) is 27.4 Å². The van der Waals surface area contributed by atoms with Crippen LogP contribution in [0.1, 0.15) is 40.2 Å². The first-order valence-electron chi connectivity index (χ1n) is 10.0. The number of aromatic nitrogens is 3. The van der Waals surface area contributed by atoms with Gasteiger partial charge in [-0.3, -0.25) is 4.79 Å². The van der Waals surface area contributed by atoms with Crippen molar-refractivity contribution in [1.82, 2.24) is 14.8 Å². The third kappa shape index (κ3) is 5.16. The molecule has 0 fully saturated rings. The van der Waals surface area contributed by atoms with Gasteiger partial charge in [-0.25, -0.2) is 4.79 Å². The largest absolute Gasteiger partial charge is 0.462 e. The summed E-state index contributed by atoms with van der Waals surface area (Å²) < 4.78 is 7.07. The average molecular weight is 459 g/mol. The molecular formula is C22H26N4O3S2. The molecule has 3 rings (SSSR count). The molecule has 3 aromatic rings. The predicted molar refractivity (Wildman–Crippen MR) is 125 cm³/mol. The highest BCUT2D eigenvalue weighted by Crippen LogP contribution is 2.34. The Kier molecular flexibility index (Phi) is 7.50. The Labute approximate surface area is 190 Å². The summed E-state index contributed by atoms with van der Waals surface area (Å²) in [6, 6.07) is 8.04. The number of hydrogen-bond acceptors (Lipinski definition) is 7. The topological polar surface area (TPSA) is 86.1 Å². The van der Waals surface area contributed by atoms with Crippen molar-refractivity contribution in [1.29, 1.82) is 0 Å². The number of benzene rings is 1. The summed E-state index contributed by atoms with van der Waals surface area (Å²) in [5.41, 5.74) is 3.50. The van der Waals surface area contributed by atoms with E-state index in [4.69, 9.17) is 4.74 Å². The molecule has 2 aromatic heterocycles. The van der Waals surface area contributed by atoms with E-state index in [1.165, 1.54) is 23.1 Å². The quantitative estimate of drug-likeness (QED) is 0.391. The van der Waals surface area contributed by atoms with Crippen molar-refractivity contribution in [2.45, 2.75) is 39.3 Å². The average Bonchev–Trinajstić information content (AvgIpc) is 3.25. The van der Waals surface area contributed by atoms with Crippen LogP contribution < -0.4 is 5.32 Å². The maximum absolute atomic E-state index is 12.6. The Hall–Kier alpha value is -2.65. The summed E-state index contributed by atoms with van der Waals surface area (Å²) >= 11 is 2.70. The molecule has 1 N–H and O–H groups in total. The summed E-state index contributed by atoms with van der Waals surface area (Å²) in [5, 5.41) is 12.6. The molecule has 0 radical (unpaired) electrons. The Bertz CT molecular complexity index is 1100. The number of hydrogen-bond donors (Lipinski definition) is 1. The zero-order chi connectivity index (χ0) is 22.5. The Morgan fingerprint density at radius 2 is 2.00 bits per heavy atom. The van der Waals surface area contributed by atoms with Gasteiger partial charge in [-0.2, -0.15) is 0 Å². The molecule has 31 heavy (non-hydrogen) atoms. The maximum atomic E-state index is 12.6. The molecule has 2 heterocycles. The number of rotatable bonds is 8. The second kappa shape index (κ2) is 10.1. The van der Waals surface area contributed by atoms with Crippen molar-refractivity contribution in [3.63, 3.8) is 0 Å². The molecule has 1 amide bonds. The van der Waals surface area contributed by atoms with Crippen LogP contribution in [0.25, 0.3) is 11.4 Å². The number of amides is 1. The lowest BCUT2D eigenvalue weighted by molar-refractivity contribution is -0.113. The third-order valence-corrected chi connectivity index (χ3v) is 6.82. The molecule has 0 bridgehead atoms. The van der Waals surface area contributed by atoms with Gasteiger partial charge in [0, 0.05) is 17.5 Å². The number of carbonyl (C=O) groups excluding carboxylic acids is 2. The van der Waals surface area contributed by atoms with Gasteiger partial charge in [0.1, 0.15) is 5.00 Å². The highest BCUT2D eigenvalue weighted by atomic mass is 32.2. The standard InChI is InChI=1S/C22H26N4O3S2/c1-6-16-14(4)31-20(18(16)21(28)29-7-2)23-17(27)12-30-22-25-24-19(26(22)5)15-10-8-9-13(3)11-15/h8-11H,6-7,12H2,1-5H3,(H,23,27). The summed E-state index contributed by atoms with van der Waals surface area (Å²) in [4.78, 5) is 26.1. The van der Waals surface area contributed by atoms with E-state index >= 15 is 0 Å². The fourth-order valence-corrected chi connectivity index (χ4v) is 5.14. The van der Waals surface area contributed by atoms with Gasteiger partial charge in [-0.1, -0.05) is 42.4 Å². The maximum Gasteiger partial charge on any atom is 0.341 e. The second-order valence-electron chi connectivity index (χ2n) is 6.99. The monoisotopic (exact) mass is 458 g/mol. The minimum absolute atomic E-state index is 0.153. The molecule has 1 aromatic carbocycles. The SMILES string of the molecule is CCOC(=O)c1c(NC(=O)CSc2nnc(-c3cccc(C)c3)n2C)sc(C)c1CC. The van der Waals surface area contributed by atoms with Crippen molar-refractivity contribution >= 4 is 40.0 Å². The van der Waals surface area contributed by atoms with Crippen LogP contribution in [0.2, 0.25) is 0 Å². The van der Waals surface area contributed by atoms with Crippen LogP contribution in [0.15, 0.2) is 29.4 Å². The summed E-state index contributed by atoms with van der Waals surface area (Å²) in [6.07, 6.45) is 0.696. The number of carbonyl (C=O) groups is 2. The molecule has 0 atom stereocenters. The van der Waals surface area contributed by atoms with E-state index in [1.54, 1.807) is 6.92 Å². The van der Waals surface area contributed by atoms with Crippen LogP contribution >= 0.6 is 23.1 Å². The fraction of sp³-hybridized carbons (Fsp3) is 0.364.